The molecule has 6 nitrogen and oxygen atoms in total. The number of anilines is 1. The van der Waals surface area contributed by atoms with E-state index in [0.717, 1.165) is 4.88 Å². The highest BCUT2D eigenvalue weighted by Gasteiger charge is 2.19. The zero-order valence-electron chi connectivity index (χ0n) is 12.3. The molecule has 22 heavy (non-hydrogen) atoms. The van der Waals surface area contributed by atoms with E-state index in [9.17, 15) is 14.9 Å². The molecule has 0 spiro atoms. The Morgan fingerprint density at radius 3 is 2.64 bits per heavy atom. The summed E-state index contributed by atoms with van der Waals surface area (Å²) in [4.78, 5) is 23.4. The van der Waals surface area contributed by atoms with E-state index in [-0.39, 0.29) is 23.7 Å². The van der Waals surface area contributed by atoms with E-state index in [1.165, 1.54) is 18.2 Å². The number of non-ortho nitro benzene ring substituents is 1. The van der Waals surface area contributed by atoms with Crippen LogP contribution in [0.2, 0.25) is 0 Å². The zero-order chi connectivity index (χ0) is 16.1. The predicted octanol–water partition coefficient (Wildman–Crippen LogP) is 4.18. The quantitative estimate of drug-likeness (QED) is 0.640. The third-order valence-corrected chi connectivity index (χ3v) is 4.07. The van der Waals surface area contributed by atoms with E-state index >= 15 is 0 Å². The molecule has 0 saturated carbocycles. The number of amides is 2. The number of benzene rings is 1. The number of hydrogen-bond donors (Lipinski definition) is 2. The van der Waals surface area contributed by atoms with Crippen molar-refractivity contribution < 1.29 is 9.72 Å². The lowest BCUT2D eigenvalue weighted by atomic mass is 10.0. The fourth-order valence-electron chi connectivity index (χ4n) is 2.04. The Hall–Kier alpha value is -2.41. The monoisotopic (exact) mass is 319 g/mol. The first kappa shape index (κ1) is 16.0. The number of rotatable bonds is 5. The minimum absolute atomic E-state index is 0.0588. The molecule has 7 heteroatoms. The number of hydrogen-bond acceptors (Lipinski definition) is 4. The standard InChI is InChI=1S/C15H17N3O3S/c1-10(2)14(13-7-4-8-22-13)17-15(19)16-11-5-3-6-12(9-11)18(20)21/h3-10,14H,1-2H3,(H2,16,17,19)/t14-/m1/s1. The van der Waals surface area contributed by atoms with Crippen LogP contribution in [0.1, 0.15) is 24.8 Å². The van der Waals surface area contributed by atoms with Gasteiger partial charge in [-0.05, 0) is 23.4 Å². The number of carbonyl (C=O) groups excluding carboxylic acids is 1. The lowest BCUT2D eigenvalue weighted by Gasteiger charge is -2.21. The van der Waals surface area contributed by atoms with E-state index < -0.39 is 4.92 Å². The largest absolute Gasteiger partial charge is 0.330 e. The van der Waals surface area contributed by atoms with Gasteiger partial charge in [0.15, 0.2) is 0 Å². The molecule has 2 rings (SSSR count). The Kier molecular flexibility index (Phi) is 5.11. The van der Waals surface area contributed by atoms with Crippen LogP contribution in [0.5, 0.6) is 0 Å². The number of nitro groups is 1. The van der Waals surface area contributed by atoms with Gasteiger partial charge in [-0.2, -0.15) is 0 Å². The third kappa shape index (κ3) is 4.05. The average molecular weight is 319 g/mol. The number of urea groups is 1. The molecule has 0 aliphatic rings. The Labute approximate surface area is 132 Å². The molecule has 116 valence electrons. The molecule has 2 N–H and O–H groups in total. The van der Waals surface area contributed by atoms with Crippen molar-refractivity contribution in [1.29, 1.82) is 0 Å². The molecular weight excluding hydrogens is 302 g/mol. The van der Waals surface area contributed by atoms with Crippen LogP contribution in [0.4, 0.5) is 16.2 Å². The SMILES string of the molecule is CC(C)[C@@H](NC(=O)Nc1cccc([N+](=O)[O-])c1)c1cccs1. The first-order valence-electron chi connectivity index (χ1n) is 6.82. The molecule has 0 bridgehead atoms. The lowest BCUT2D eigenvalue weighted by molar-refractivity contribution is -0.384. The van der Waals surface area contributed by atoms with Crippen molar-refractivity contribution in [3.05, 3.63) is 56.8 Å². The van der Waals surface area contributed by atoms with Gasteiger partial charge in [0, 0.05) is 22.7 Å². The molecular formula is C15H17N3O3S. The van der Waals surface area contributed by atoms with Crippen molar-refractivity contribution >= 4 is 28.7 Å². The summed E-state index contributed by atoms with van der Waals surface area (Å²) in [5.74, 6) is 0.231. The van der Waals surface area contributed by atoms with Gasteiger partial charge >= 0.3 is 6.03 Å². The molecule has 0 saturated heterocycles. The molecule has 1 aromatic heterocycles. The summed E-state index contributed by atoms with van der Waals surface area (Å²) in [6.07, 6.45) is 0. The fraction of sp³-hybridized carbons (Fsp3) is 0.267. The van der Waals surface area contributed by atoms with Crippen molar-refractivity contribution in [2.45, 2.75) is 19.9 Å². The van der Waals surface area contributed by atoms with Crippen molar-refractivity contribution in [2.75, 3.05) is 5.32 Å². The van der Waals surface area contributed by atoms with E-state index in [0.29, 0.717) is 5.69 Å². The summed E-state index contributed by atoms with van der Waals surface area (Å²) in [6.45, 7) is 4.05. The van der Waals surface area contributed by atoms with Crippen LogP contribution in [0.15, 0.2) is 41.8 Å². The van der Waals surface area contributed by atoms with Gasteiger partial charge in [0.2, 0.25) is 0 Å². The third-order valence-electron chi connectivity index (χ3n) is 3.12. The smallest absolute Gasteiger partial charge is 0.319 e. The average Bonchev–Trinajstić information content (AvgIpc) is 2.98. The van der Waals surface area contributed by atoms with Gasteiger partial charge in [-0.25, -0.2) is 4.79 Å². The second-order valence-electron chi connectivity index (χ2n) is 5.14. The Morgan fingerprint density at radius 2 is 2.05 bits per heavy atom. The molecule has 2 aromatic rings. The van der Waals surface area contributed by atoms with Crippen molar-refractivity contribution in [3.8, 4) is 0 Å². The molecule has 2 amide bonds. The highest BCUT2D eigenvalue weighted by atomic mass is 32.1. The highest BCUT2D eigenvalue weighted by molar-refractivity contribution is 7.10. The first-order chi connectivity index (χ1) is 10.5. The second kappa shape index (κ2) is 7.04. The fourth-order valence-corrected chi connectivity index (χ4v) is 2.99. The molecule has 0 fully saturated rings. The van der Waals surface area contributed by atoms with Crippen LogP contribution in [-0.2, 0) is 0 Å². The van der Waals surface area contributed by atoms with Crippen LogP contribution >= 0.6 is 11.3 Å². The number of nitrogens with one attached hydrogen (secondary N) is 2. The Morgan fingerprint density at radius 1 is 1.27 bits per heavy atom. The zero-order valence-corrected chi connectivity index (χ0v) is 13.1. The van der Waals surface area contributed by atoms with Crippen LogP contribution in [0.3, 0.4) is 0 Å². The molecule has 1 atom stereocenters. The molecule has 1 aromatic carbocycles. The summed E-state index contributed by atoms with van der Waals surface area (Å²) in [7, 11) is 0. The summed E-state index contributed by atoms with van der Waals surface area (Å²) in [5, 5.41) is 18.2. The molecule has 0 radical (unpaired) electrons. The van der Waals surface area contributed by atoms with Gasteiger partial charge < -0.3 is 10.6 Å². The van der Waals surface area contributed by atoms with E-state index in [1.54, 1.807) is 17.4 Å². The van der Waals surface area contributed by atoms with Crippen LogP contribution in [-0.4, -0.2) is 11.0 Å². The molecule has 0 unspecified atom stereocenters. The number of carbonyl (C=O) groups is 1. The molecule has 0 aliphatic carbocycles. The summed E-state index contributed by atoms with van der Waals surface area (Å²) >= 11 is 1.58. The predicted molar refractivity (Wildman–Crippen MR) is 87.1 cm³/mol. The van der Waals surface area contributed by atoms with Gasteiger partial charge in [-0.3, -0.25) is 10.1 Å². The van der Waals surface area contributed by atoms with Gasteiger partial charge in [0.05, 0.1) is 11.0 Å². The highest BCUT2D eigenvalue weighted by Crippen LogP contribution is 2.26. The maximum absolute atomic E-state index is 12.1. The molecule has 0 aliphatic heterocycles. The number of nitrogens with zero attached hydrogens (tertiary/aromatic N) is 1. The molecule has 1 heterocycles. The van der Waals surface area contributed by atoms with Crippen LogP contribution in [0.25, 0.3) is 0 Å². The van der Waals surface area contributed by atoms with Crippen molar-refractivity contribution in [1.82, 2.24) is 5.32 Å². The first-order valence-corrected chi connectivity index (χ1v) is 7.70. The maximum atomic E-state index is 12.1. The summed E-state index contributed by atoms with van der Waals surface area (Å²) in [6, 6.07) is 9.29. The van der Waals surface area contributed by atoms with E-state index in [2.05, 4.69) is 10.6 Å². The van der Waals surface area contributed by atoms with E-state index in [4.69, 9.17) is 0 Å². The van der Waals surface area contributed by atoms with Gasteiger partial charge in [-0.1, -0.05) is 26.0 Å². The normalized spacial score (nSPS) is 12.0. The van der Waals surface area contributed by atoms with Crippen molar-refractivity contribution in [2.24, 2.45) is 5.92 Å². The van der Waals surface area contributed by atoms with Crippen LogP contribution in [0, 0.1) is 16.0 Å². The summed E-state index contributed by atoms with van der Waals surface area (Å²) < 4.78 is 0. The van der Waals surface area contributed by atoms with Gasteiger partial charge in [0.25, 0.3) is 5.69 Å². The van der Waals surface area contributed by atoms with Crippen molar-refractivity contribution in [3.63, 3.8) is 0 Å². The maximum Gasteiger partial charge on any atom is 0.319 e. The second-order valence-corrected chi connectivity index (χ2v) is 6.12. The number of nitro benzene ring substituents is 1. The lowest BCUT2D eigenvalue weighted by Crippen LogP contribution is -2.34. The Balaban J connectivity index is 2.05. The minimum atomic E-state index is -0.494. The van der Waals surface area contributed by atoms with Gasteiger partial charge in [0.1, 0.15) is 0 Å². The number of thiophene rings is 1. The minimum Gasteiger partial charge on any atom is -0.330 e. The Bertz CT molecular complexity index is 656. The van der Waals surface area contributed by atoms with Gasteiger partial charge in [-0.15, -0.1) is 11.3 Å². The summed E-state index contributed by atoms with van der Waals surface area (Å²) in [5.41, 5.74) is 0.330. The topological polar surface area (TPSA) is 84.3 Å². The van der Waals surface area contributed by atoms with E-state index in [1.807, 2.05) is 31.4 Å². The van der Waals surface area contributed by atoms with Crippen LogP contribution < -0.4 is 10.6 Å².